The number of hydrogen-bond donors (Lipinski definition) is 0. The molecule has 1 aliphatic carbocycles. The summed E-state index contributed by atoms with van der Waals surface area (Å²) >= 11 is 0. The van der Waals surface area contributed by atoms with Gasteiger partial charge in [-0.15, -0.1) is 0 Å². The number of nitro groups is 1. The lowest BCUT2D eigenvalue weighted by Gasteiger charge is -2.05. The van der Waals surface area contributed by atoms with Gasteiger partial charge in [-0.25, -0.2) is 0 Å². The van der Waals surface area contributed by atoms with Crippen LogP contribution in [0.5, 0.6) is 0 Å². The SMILES string of the molecule is O=[N+]([O-])/C(=C/c1ccccc1C1CC1)Cc1ccccc1. The van der Waals surface area contributed by atoms with Crippen LogP contribution in [0.25, 0.3) is 6.08 Å². The van der Waals surface area contributed by atoms with Crippen LogP contribution in [0.4, 0.5) is 0 Å². The second kappa shape index (κ2) is 5.92. The predicted octanol–water partition coefficient (Wildman–Crippen LogP) is 4.42. The Hall–Kier alpha value is -2.42. The Morgan fingerprint density at radius 2 is 1.76 bits per heavy atom. The predicted molar refractivity (Wildman–Crippen MR) is 83.5 cm³/mol. The molecule has 0 radical (unpaired) electrons. The number of nitrogens with zero attached hydrogens (tertiary/aromatic N) is 1. The lowest BCUT2D eigenvalue weighted by atomic mass is 10.0. The maximum Gasteiger partial charge on any atom is 0.251 e. The molecule has 0 bridgehead atoms. The quantitative estimate of drug-likeness (QED) is 0.600. The number of benzene rings is 2. The summed E-state index contributed by atoms with van der Waals surface area (Å²) in [5.41, 5.74) is 3.44. The minimum absolute atomic E-state index is 0.245. The first-order valence-corrected chi connectivity index (χ1v) is 7.22. The smallest absolute Gasteiger partial charge is 0.251 e. The molecule has 0 spiro atoms. The zero-order valence-electron chi connectivity index (χ0n) is 11.7. The normalized spacial score (nSPS) is 15.0. The van der Waals surface area contributed by atoms with Gasteiger partial charge in [0.1, 0.15) is 0 Å². The fourth-order valence-corrected chi connectivity index (χ4v) is 2.56. The molecule has 3 rings (SSSR count). The molecular formula is C18H17NO2. The molecule has 1 aliphatic rings. The van der Waals surface area contributed by atoms with Crippen LogP contribution < -0.4 is 0 Å². The fraction of sp³-hybridized carbons (Fsp3) is 0.222. The van der Waals surface area contributed by atoms with E-state index in [-0.39, 0.29) is 10.6 Å². The van der Waals surface area contributed by atoms with Crippen LogP contribution in [0.15, 0.2) is 60.3 Å². The molecule has 1 saturated carbocycles. The summed E-state index contributed by atoms with van der Waals surface area (Å²) in [4.78, 5) is 11.1. The maximum atomic E-state index is 11.3. The number of rotatable bonds is 5. The van der Waals surface area contributed by atoms with E-state index in [9.17, 15) is 10.1 Å². The molecule has 0 N–H and O–H groups in total. The van der Waals surface area contributed by atoms with Crippen molar-refractivity contribution in [3.05, 3.63) is 87.1 Å². The Morgan fingerprint density at radius 3 is 2.43 bits per heavy atom. The Bertz CT molecular complexity index is 673. The third-order valence-electron chi connectivity index (χ3n) is 3.80. The molecule has 3 heteroatoms. The van der Waals surface area contributed by atoms with Crippen molar-refractivity contribution in [2.24, 2.45) is 0 Å². The van der Waals surface area contributed by atoms with Crippen LogP contribution in [0.2, 0.25) is 0 Å². The summed E-state index contributed by atoms with van der Waals surface area (Å²) in [5.74, 6) is 0.585. The highest BCUT2D eigenvalue weighted by Crippen LogP contribution is 2.42. The molecule has 3 nitrogen and oxygen atoms in total. The lowest BCUT2D eigenvalue weighted by Crippen LogP contribution is -2.03. The molecule has 2 aromatic carbocycles. The van der Waals surface area contributed by atoms with Crippen LogP contribution in [0.1, 0.15) is 35.4 Å². The van der Waals surface area contributed by atoms with E-state index in [0.29, 0.717) is 12.3 Å². The summed E-state index contributed by atoms with van der Waals surface area (Å²) in [5, 5.41) is 11.3. The Balaban J connectivity index is 1.92. The number of hydrogen-bond acceptors (Lipinski definition) is 2. The Kier molecular flexibility index (Phi) is 3.82. The molecular weight excluding hydrogens is 262 g/mol. The first-order chi connectivity index (χ1) is 10.2. The van der Waals surface area contributed by atoms with Crippen molar-refractivity contribution in [2.75, 3.05) is 0 Å². The molecule has 106 valence electrons. The van der Waals surface area contributed by atoms with Gasteiger partial charge in [0.25, 0.3) is 5.70 Å². The molecule has 21 heavy (non-hydrogen) atoms. The summed E-state index contributed by atoms with van der Waals surface area (Å²) in [6.45, 7) is 0. The van der Waals surface area contributed by atoms with Crippen LogP contribution in [-0.2, 0) is 6.42 Å². The molecule has 0 saturated heterocycles. The van der Waals surface area contributed by atoms with Gasteiger partial charge >= 0.3 is 0 Å². The molecule has 0 unspecified atom stereocenters. The summed E-state index contributed by atoms with van der Waals surface area (Å²) < 4.78 is 0. The van der Waals surface area contributed by atoms with Crippen LogP contribution >= 0.6 is 0 Å². The van der Waals surface area contributed by atoms with Crippen LogP contribution in [-0.4, -0.2) is 4.92 Å². The van der Waals surface area contributed by atoms with Gasteiger partial charge < -0.3 is 0 Å². The van der Waals surface area contributed by atoms with Gasteiger partial charge in [0, 0.05) is 6.08 Å². The summed E-state index contributed by atoms with van der Waals surface area (Å²) in [7, 11) is 0. The van der Waals surface area contributed by atoms with E-state index in [0.717, 1.165) is 11.1 Å². The average Bonchev–Trinajstić information content (AvgIpc) is 3.33. The van der Waals surface area contributed by atoms with Gasteiger partial charge in [-0.2, -0.15) is 0 Å². The van der Waals surface area contributed by atoms with E-state index in [4.69, 9.17) is 0 Å². The standard InChI is InChI=1S/C18H17NO2/c20-19(21)17(12-14-6-2-1-3-7-14)13-16-8-4-5-9-18(16)15-10-11-15/h1-9,13,15H,10-12H2/b17-13+. The van der Waals surface area contributed by atoms with E-state index >= 15 is 0 Å². The third kappa shape index (κ3) is 3.37. The van der Waals surface area contributed by atoms with E-state index in [1.54, 1.807) is 6.08 Å². The molecule has 0 heterocycles. The highest BCUT2D eigenvalue weighted by Gasteiger charge is 2.25. The number of allylic oxidation sites excluding steroid dienone is 1. The average molecular weight is 279 g/mol. The first kappa shape index (κ1) is 13.6. The van der Waals surface area contributed by atoms with Gasteiger partial charge in [0.2, 0.25) is 0 Å². The molecule has 2 aromatic rings. The van der Waals surface area contributed by atoms with Gasteiger partial charge in [0.05, 0.1) is 11.3 Å². The van der Waals surface area contributed by atoms with Crippen molar-refractivity contribution < 1.29 is 4.92 Å². The lowest BCUT2D eigenvalue weighted by molar-refractivity contribution is -0.425. The van der Waals surface area contributed by atoms with Crippen molar-refractivity contribution in [3.8, 4) is 0 Å². The van der Waals surface area contributed by atoms with Crippen molar-refractivity contribution in [2.45, 2.75) is 25.2 Å². The van der Waals surface area contributed by atoms with Gasteiger partial charge in [-0.1, -0.05) is 54.6 Å². The highest BCUT2D eigenvalue weighted by molar-refractivity contribution is 5.57. The van der Waals surface area contributed by atoms with Gasteiger partial charge in [0.15, 0.2) is 0 Å². The first-order valence-electron chi connectivity index (χ1n) is 7.22. The largest absolute Gasteiger partial charge is 0.259 e. The van der Waals surface area contributed by atoms with E-state index in [1.165, 1.54) is 18.4 Å². The van der Waals surface area contributed by atoms with Crippen molar-refractivity contribution >= 4 is 6.08 Å². The minimum atomic E-state index is -0.267. The second-order valence-electron chi connectivity index (χ2n) is 5.46. The third-order valence-corrected chi connectivity index (χ3v) is 3.80. The van der Waals surface area contributed by atoms with E-state index in [2.05, 4.69) is 6.07 Å². The topological polar surface area (TPSA) is 43.1 Å². The Labute approximate surface area is 124 Å². The molecule has 0 aliphatic heterocycles. The van der Waals surface area contributed by atoms with Gasteiger partial charge in [-0.3, -0.25) is 10.1 Å². The molecule has 0 atom stereocenters. The van der Waals surface area contributed by atoms with E-state index in [1.807, 2.05) is 48.5 Å². The van der Waals surface area contributed by atoms with Crippen molar-refractivity contribution in [1.82, 2.24) is 0 Å². The molecule has 1 fully saturated rings. The van der Waals surface area contributed by atoms with Crippen LogP contribution in [0.3, 0.4) is 0 Å². The van der Waals surface area contributed by atoms with Crippen LogP contribution in [0, 0.1) is 10.1 Å². The maximum absolute atomic E-state index is 11.3. The van der Waals surface area contributed by atoms with Gasteiger partial charge in [-0.05, 0) is 35.4 Å². The van der Waals surface area contributed by atoms with Crippen molar-refractivity contribution in [3.63, 3.8) is 0 Å². The summed E-state index contributed by atoms with van der Waals surface area (Å²) in [6, 6.07) is 17.6. The zero-order chi connectivity index (χ0) is 14.7. The monoisotopic (exact) mass is 279 g/mol. The van der Waals surface area contributed by atoms with Crippen molar-refractivity contribution in [1.29, 1.82) is 0 Å². The molecule has 0 amide bonds. The fourth-order valence-electron chi connectivity index (χ4n) is 2.56. The molecule has 0 aromatic heterocycles. The Morgan fingerprint density at radius 1 is 1.10 bits per heavy atom. The summed E-state index contributed by atoms with van der Waals surface area (Å²) in [6.07, 6.45) is 4.47. The minimum Gasteiger partial charge on any atom is -0.259 e. The highest BCUT2D eigenvalue weighted by atomic mass is 16.6. The second-order valence-corrected chi connectivity index (χ2v) is 5.46. The van der Waals surface area contributed by atoms with E-state index < -0.39 is 0 Å². The zero-order valence-corrected chi connectivity index (χ0v) is 11.7.